The largest absolute Gasteiger partial charge is 0.360 e. The van der Waals surface area contributed by atoms with Crippen molar-refractivity contribution in [2.45, 2.75) is 61.8 Å². The second kappa shape index (κ2) is 4.79. The Kier molecular flexibility index (Phi) is 3.05. The zero-order valence-electron chi connectivity index (χ0n) is 11.7. The first-order valence-corrected chi connectivity index (χ1v) is 8.87. The molecule has 20 heavy (non-hydrogen) atoms. The minimum atomic E-state index is 0.0905. The smallest absolute Gasteiger partial charge is 0.276 e. The number of aromatic nitrogens is 1. The van der Waals surface area contributed by atoms with Gasteiger partial charge < -0.3 is 9.42 Å². The van der Waals surface area contributed by atoms with Gasteiger partial charge in [-0.2, -0.15) is 11.8 Å². The lowest BCUT2D eigenvalue weighted by Gasteiger charge is -2.38. The summed E-state index contributed by atoms with van der Waals surface area (Å²) in [6, 6.07) is 2.71. The van der Waals surface area contributed by atoms with E-state index in [9.17, 15) is 4.79 Å². The van der Waals surface area contributed by atoms with E-state index in [2.05, 4.69) is 16.3 Å². The summed E-state index contributed by atoms with van der Waals surface area (Å²) in [6.07, 6.45) is 9.11. The van der Waals surface area contributed by atoms with Gasteiger partial charge in [0.15, 0.2) is 5.69 Å². The molecule has 4 nitrogen and oxygen atoms in total. The summed E-state index contributed by atoms with van der Waals surface area (Å²) in [5.74, 6) is 1.51. The standard InChI is InChI=1S/C15H20N2O2S/c1-20-12-6-10-4-5-11(7-12)17(10)15(18)13-8-14(19-16-13)9-2-3-9/h8-12H,2-7H2,1H3/t10-,11+,12?. The number of amides is 1. The molecule has 3 aliphatic rings. The highest BCUT2D eigenvalue weighted by Gasteiger charge is 2.44. The number of carbonyl (C=O) groups excluding carboxylic acids is 1. The number of hydrogen-bond acceptors (Lipinski definition) is 4. The number of carbonyl (C=O) groups is 1. The van der Waals surface area contributed by atoms with Gasteiger partial charge in [0.1, 0.15) is 5.76 Å². The monoisotopic (exact) mass is 292 g/mol. The van der Waals surface area contributed by atoms with Crippen LogP contribution in [0.25, 0.3) is 0 Å². The summed E-state index contributed by atoms with van der Waals surface area (Å²) in [5, 5.41) is 4.74. The van der Waals surface area contributed by atoms with E-state index >= 15 is 0 Å². The van der Waals surface area contributed by atoms with Gasteiger partial charge in [-0.1, -0.05) is 5.16 Å². The first kappa shape index (κ1) is 12.7. The molecular formula is C15H20N2O2S. The molecule has 1 aromatic heterocycles. The first-order valence-electron chi connectivity index (χ1n) is 7.58. The maximum atomic E-state index is 12.7. The van der Waals surface area contributed by atoms with E-state index in [0.717, 1.165) is 36.7 Å². The molecule has 2 saturated heterocycles. The van der Waals surface area contributed by atoms with E-state index in [1.807, 2.05) is 17.8 Å². The predicted molar refractivity (Wildman–Crippen MR) is 78.0 cm³/mol. The molecule has 0 radical (unpaired) electrons. The summed E-state index contributed by atoms with van der Waals surface area (Å²) < 4.78 is 5.33. The van der Waals surface area contributed by atoms with Crippen molar-refractivity contribution >= 4 is 17.7 Å². The summed E-state index contributed by atoms with van der Waals surface area (Å²) in [7, 11) is 0. The quantitative estimate of drug-likeness (QED) is 0.859. The van der Waals surface area contributed by atoms with E-state index in [1.165, 1.54) is 12.8 Å². The van der Waals surface area contributed by atoms with Crippen molar-refractivity contribution < 1.29 is 9.32 Å². The summed E-state index contributed by atoms with van der Waals surface area (Å²) in [4.78, 5) is 14.8. The zero-order chi connectivity index (χ0) is 13.7. The Labute approximate surface area is 123 Å². The third kappa shape index (κ3) is 2.07. The average Bonchev–Trinajstić information content (AvgIpc) is 3.14. The molecule has 3 fully saturated rings. The fourth-order valence-electron chi connectivity index (χ4n) is 3.73. The number of fused-ring (bicyclic) bond motifs is 2. The lowest BCUT2D eigenvalue weighted by atomic mass is 10.0. The number of thioether (sulfide) groups is 1. The Morgan fingerprint density at radius 2 is 2.00 bits per heavy atom. The van der Waals surface area contributed by atoms with Gasteiger partial charge in [0, 0.05) is 29.3 Å². The van der Waals surface area contributed by atoms with Crippen LogP contribution in [-0.4, -0.2) is 39.6 Å². The Balaban J connectivity index is 1.53. The summed E-state index contributed by atoms with van der Waals surface area (Å²) in [6.45, 7) is 0. The van der Waals surface area contributed by atoms with Crippen molar-refractivity contribution in [1.82, 2.24) is 10.1 Å². The number of piperidine rings is 1. The molecule has 2 aliphatic heterocycles. The second-order valence-corrected chi connectivity index (χ2v) is 7.45. The molecule has 2 bridgehead atoms. The predicted octanol–water partition coefficient (Wildman–Crippen LogP) is 3.05. The van der Waals surface area contributed by atoms with Gasteiger partial charge in [-0.25, -0.2) is 0 Å². The van der Waals surface area contributed by atoms with Crippen LogP contribution in [0.5, 0.6) is 0 Å². The summed E-state index contributed by atoms with van der Waals surface area (Å²) in [5.41, 5.74) is 0.520. The van der Waals surface area contributed by atoms with Crippen molar-refractivity contribution in [3.63, 3.8) is 0 Å². The van der Waals surface area contributed by atoms with Gasteiger partial charge in [0.25, 0.3) is 5.91 Å². The van der Waals surface area contributed by atoms with Crippen LogP contribution in [0.3, 0.4) is 0 Å². The zero-order valence-corrected chi connectivity index (χ0v) is 12.6. The van der Waals surface area contributed by atoms with Gasteiger partial charge >= 0.3 is 0 Å². The average molecular weight is 292 g/mol. The minimum Gasteiger partial charge on any atom is -0.360 e. The molecule has 1 aliphatic carbocycles. The number of hydrogen-bond donors (Lipinski definition) is 0. The molecule has 3 heterocycles. The molecule has 0 N–H and O–H groups in total. The topological polar surface area (TPSA) is 46.3 Å². The van der Waals surface area contributed by atoms with Crippen LogP contribution in [0, 0.1) is 0 Å². The van der Waals surface area contributed by atoms with Crippen molar-refractivity contribution in [2.24, 2.45) is 0 Å². The highest BCUT2D eigenvalue weighted by atomic mass is 32.2. The Hall–Kier alpha value is -0.970. The lowest BCUT2D eigenvalue weighted by molar-refractivity contribution is 0.0591. The lowest BCUT2D eigenvalue weighted by Crippen LogP contribution is -2.47. The Morgan fingerprint density at radius 1 is 1.30 bits per heavy atom. The molecule has 4 rings (SSSR count). The first-order chi connectivity index (χ1) is 9.76. The van der Waals surface area contributed by atoms with Crippen molar-refractivity contribution in [3.8, 4) is 0 Å². The maximum Gasteiger partial charge on any atom is 0.276 e. The van der Waals surface area contributed by atoms with Crippen molar-refractivity contribution in [2.75, 3.05) is 6.26 Å². The van der Waals surface area contributed by atoms with Crippen molar-refractivity contribution in [1.29, 1.82) is 0 Å². The number of rotatable bonds is 3. The van der Waals surface area contributed by atoms with Crippen LogP contribution in [0.1, 0.15) is 60.7 Å². The maximum absolute atomic E-state index is 12.7. The molecule has 1 saturated carbocycles. The SMILES string of the molecule is CSC1C[C@H]2CC[C@@H](C1)N2C(=O)c1cc(C2CC2)on1. The molecule has 3 atom stereocenters. The van der Waals surface area contributed by atoms with Crippen LogP contribution in [-0.2, 0) is 0 Å². The minimum absolute atomic E-state index is 0.0905. The van der Waals surface area contributed by atoms with Gasteiger partial charge in [-0.05, 0) is 44.8 Å². The van der Waals surface area contributed by atoms with Gasteiger partial charge in [0.05, 0.1) is 0 Å². The normalized spacial score (nSPS) is 32.6. The Bertz CT molecular complexity index is 512. The van der Waals surface area contributed by atoms with E-state index in [1.54, 1.807) is 0 Å². The van der Waals surface area contributed by atoms with Crippen molar-refractivity contribution in [3.05, 3.63) is 17.5 Å². The number of nitrogens with zero attached hydrogens (tertiary/aromatic N) is 2. The van der Waals surface area contributed by atoms with Crippen LogP contribution in [0.15, 0.2) is 10.6 Å². The molecule has 0 spiro atoms. The second-order valence-electron chi connectivity index (χ2n) is 6.32. The molecule has 1 amide bonds. The van der Waals surface area contributed by atoms with Crippen LogP contribution in [0.2, 0.25) is 0 Å². The van der Waals surface area contributed by atoms with Crippen LogP contribution < -0.4 is 0 Å². The fourth-order valence-corrected chi connectivity index (χ4v) is 4.56. The molecule has 1 aromatic rings. The van der Waals surface area contributed by atoms with E-state index < -0.39 is 0 Å². The Morgan fingerprint density at radius 3 is 2.60 bits per heavy atom. The third-order valence-corrected chi connectivity index (χ3v) is 6.04. The van der Waals surface area contributed by atoms with Gasteiger partial charge in [-0.15, -0.1) is 0 Å². The van der Waals surface area contributed by atoms with Crippen LogP contribution in [0.4, 0.5) is 0 Å². The molecule has 0 aromatic carbocycles. The third-order valence-electron chi connectivity index (χ3n) is 4.98. The molecule has 108 valence electrons. The van der Waals surface area contributed by atoms with Gasteiger partial charge in [0.2, 0.25) is 0 Å². The molecular weight excluding hydrogens is 272 g/mol. The highest BCUT2D eigenvalue weighted by molar-refractivity contribution is 7.99. The van der Waals surface area contributed by atoms with E-state index in [0.29, 0.717) is 23.7 Å². The highest BCUT2D eigenvalue weighted by Crippen LogP contribution is 2.42. The van der Waals surface area contributed by atoms with E-state index in [-0.39, 0.29) is 5.91 Å². The molecule has 5 heteroatoms. The van der Waals surface area contributed by atoms with Gasteiger partial charge in [-0.3, -0.25) is 4.79 Å². The summed E-state index contributed by atoms with van der Waals surface area (Å²) >= 11 is 1.95. The van der Waals surface area contributed by atoms with Crippen LogP contribution >= 0.6 is 11.8 Å². The molecule has 1 unspecified atom stereocenters. The fraction of sp³-hybridized carbons (Fsp3) is 0.733. The van der Waals surface area contributed by atoms with E-state index in [4.69, 9.17) is 4.52 Å².